The lowest BCUT2D eigenvalue weighted by Gasteiger charge is -2.41. The van der Waals surface area contributed by atoms with Crippen LogP contribution in [-0.2, 0) is 32.7 Å². The van der Waals surface area contributed by atoms with Crippen molar-refractivity contribution in [3.8, 4) is 12.3 Å². The van der Waals surface area contributed by atoms with Gasteiger partial charge in [-0.05, 0) is 19.1 Å². The number of terminal acetylenes is 1. The highest BCUT2D eigenvalue weighted by molar-refractivity contribution is 7.87. The summed E-state index contributed by atoms with van der Waals surface area (Å²) >= 11 is 1.37. The third-order valence-corrected chi connectivity index (χ3v) is 10.7. The summed E-state index contributed by atoms with van der Waals surface area (Å²) in [5, 5.41) is 5.24. The van der Waals surface area contributed by atoms with E-state index in [1.807, 2.05) is 0 Å². The van der Waals surface area contributed by atoms with Crippen molar-refractivity contribution in [2.24, 2.45) is 0 Å². The van der Waals surface area contributed by atoms with E-state index in [0.717, 1.165) is 22.4 Å². The fourth-order valence-corrected chi connectivity index (χ4v) is 8.05. The molecule has 0 radical (unpaired) electrons. The first-order chi connectivity index (χ1) is 19.7. The van der Waals surface area contributed by atoms with Gasteiger partial charge < -0.3 is 19.9 Å². The number of morpholine rings is 1. The van der Waals surface area contributed by atoms with Crippen LogP contribution in [0.15, 0.2) is 30.6 Å². The number of rotatable bonds is 5. The first kappa shape index (κ1) is 27.9. The minimum absolute atomic E-state index is 0.00202. The molecule has 0 aliphatic carbocycles. The molecule has 5 heterocycles. The number of nitrogens with one attached hydrogen (secondary N) is 1. The largest absolute Gasteiger partial charge is 0.378 e. The maximum atomic E-state index is 13.8. The van der Waals surface area contributed by atoms with Gasteiger partial charge in [0.05, 0.1) is 24.9 Å². The van der Waals surface area contributed by atoms with Crippen molar-refractivity contribution in [2.75, 3.05) is 45.9 Å². The standard InChI is InChI=1S/C28H32N6O5S2/c1-3-20-4-5-21-16-33(17-22(21)13-20)41(37,38)32-6-7-34(23(18-32)14-26(35)31-8-10-39-11-9-31)28(36)27-30-24-12-19(2)29-15-25(24)40-27/h1,4-5,13,16-17,19,23,29H,6-12,14-15,18H2,2H3. The maximum Gasteiger partial charge on any atom is 0.307 e. The van der Waals surface area contributed by atoms with Crippen molar-refractivity contribution in [1.82, 2.24) is 28.4 Å². The van der Waals surface area contributed by atoms with E-state index >= 15 is 0 Å². The van der Waals surface area contributed by atoms with Crippen LogP contribution in [0.3, 0.4) is 0 Å². The molecule has 0 spiro atoms. The molecule has 13 heteroatoms. The first-order valence-electron chi connectivity index (χ1n) is 13.7. The average Bonchev–Trinajstić information content (AvgIpc) is 3.61. The number of piperazine rings is 1. The van der Waals surface area contributed by atoms with E-state index in [2.05, 4.69) is 23.1 Å². The van der Waals surface area contributed by atoms with Crippen LogP contribution in [0.4, 0.5) is 0 Å². The lowest BCUT2D eigenvalue weighted by molar-refractivity contribution is -0.136. The van der Waals surface area contributed by atoms with Crippen LogP contribution in [0, 0.1) is 12.3 Å². The molecule has 2 unspecified atom stereocenters. The summed E-state index contributed by atoms with van der Waals surface area (Å²) in [5.41, 5.74) is 1.59. The van der Waals surface area contributed by atoms with E-state index in [1.165, 1.54) is 19.6 Å². The van der Waals surface area contributed by atoms with Gasteiger partial charge in [0.15, 0.2) is 5.01 Å². The average molecular weight is 597 g/mol. The minimum Gasteiger partial charge on any atom is -0.378 e. The summed E-state index contributed by atoms with van der Waals surface area (Å²) in [4.78, 5) is 36.1. The second-order valence-electron chi connectivity index (χ2n) is 10.7. The van der Waals surface area contributed by atoms with E-state index < -0.39 is 16.3 Å². The van der Waals surface area contributed by atoms with Crippen LogP contribution in [0.5, 0.6) is 0 Å². The predicted molar refractivity (Wildman–Crippen MR) is 155 cm³/mol. The van der Waals surface area contributed by atoms with E-state index in [0.29, 0.717) is 48.8 Å². The number of nitrogens with zero attached hydrogens (tertiary/aromatic N) is 5. The Balaban J connectivity index is 1.27. The number of amides is 2. The molecule has 41 heavy (non-hydrogen) atoms. The van der Waals surface area contributed by atoms with Gasteiger partial charge in [0.2, 0.25) is 5.91 Å². The number of thiazole rings is 1. The second kappa shape index (κ2) is 11.2. The monoisotopic (exact) mass is 596 g/mol. The molecule has 0 saturated carbocycles. The number of ether oxygens (including phenoxy) is 1. The summed E-state index contributed by atoms with van der Waals surface area (Å²) in [5.74, 6) is 2.18. The zero-order valence-electron chi connectivity index (χ0n) is 22.8. The highest BCUT2D eigenvalue weighted by Crippen LogP contribution is 2.28. The Labute approximate surface area is 243 Å². The summed E-state index contributed by atoms with van der Waals surface area (Å²) in [7, 11) is -3.96. The van der Waals surface area contributed by atoms with Crippen LogP contribution in [0.25, 0.3) is 10.8 Å². The number of hydrogen-bond acceptors (Lipinski definition) is 8. The highest BCUT2D eigenvalue weighted by atomic mass is 32.2. The molecule has 3 aromatic rings. The lowest BCUT2D eigenvalue weighted by Crippen LogP contribution is -2.58. The quantitative estimate of drug-likeness (QED) is 0.441. The summed E-state index contributed by atoms with van der Waals surface area (Å²) < 4.78 is 35.5. The zero-order valence-corrected chi connectivity index (χ0v) is 24.4. The fourth-order valence-electron chi connectivity index (χ4n) is 5.62. The van der Waals surface area contributed by atoms with Gasteiger partial charge >= 0.3 is 10.2 Å². The van der Waals surface area contributed by atoms with Crippen molar-refractivity contribution in [1.29, 1.82) is 0 Å². The van der Waals surface area contributed by atoms with E-state index in [1.54, 1.807) is 40.4 Å². The van der Waals surface area contributed by atoms with Gasteiger partial charge in [-0.25, -0.2) is 8.96 Å². The molecule has 3 aliphatic heterocycles. The van der Waals surface area contributed by atoms with Crippen molar-refractivity contribution < 1.29 is 22.7 Å². The molecule has 2 amide bonds. The zero-order chi connectivity index (χ0) is 28.7. The number of benzene rings is 1. The number of fused-ring (bicyclic) bond motifs is 2. The maximum absolute atomic E-state index is 13.8. The molecule has 0 bridgehead atoms. The normalized spacial score (nSPS) is 22.0. The van der Waals surface area contributed by atoms with Gasteiger partial charge in [0, 0.05) is 91.8 Å². The topological polar surface area (TPSA) is 117 Å². The molecular weight excluding hydrogens is 564 g/mol. The third-order valence-electron chi connectivity index (χ3n) is 7.93. The molecule has 3 aliphatic rings. The first-order valence-corrected chi connectivity index (χ1v) is 15.9. The van der Waals surface area contributed by atoms with Gasteiger partial charge in [-0.15, -0.1) is 17.8 Å². The second-order valence-corrected chi connectivity index (χ2v) is 13.6. The van der Waals surface area contributed by atoms with Gasteiger partial charge in [-0.1, -0.05) is 12.0 Å². The van der Waals surface area contributed by atoms with E-state index in [9.17, 15) is 18.0 Å². The Morgan fingerprint density at radius 1 is 1.17 bits per heavy atom. The molecule has 216 valence electrons. The molecule has 2 saturated heterocycles. The smallest absolute Gasteiger partial charge is 0.307 e. The summed E-state index contributed by atoms with van der Waals surface area (Å²) in [6.07, 6.45) is 9.38. The van der Waals surface area contributed by atoms with Crippen LogP contribution in [-0.4, -0.2) is 101 Å². The number of carbonyl (C=O) groups is 2. The van der Waals surface area contributed by atoms with Gasteiger partial charge in [-0.2, -0.15) is 12.7 Å². The third kappa shape index (κ3) is 5.50. The van der Waals surface area contributed by atoms with Crippen molar-refractivity contribution in [3.63, 3.8) is 0 Å². The van der Waals surface area contributed by atoms with Crippen LogP contribution in [0.2, 0.25) is 0 Å². The number of aromatic nitrogens is 2. The van der Waals surface area contributed by atoms with Crippen LogP contribution < -0.4 is 5.32 Å². The van der Waals surface area contributed by atoms with Gasteiger partial charge in [-0.3, -0.25) is 9.59 Å². The molecule has 1 N–H and O–H groups in total. The van der Waals surface area contributed by atoms with Gasteiger partial charge in [0.1, 0.15) is 0 Å². The van der Waals surface area contributed by atoms with Gasteiger partial charge in [0.25, 0.3) is 5.91 Å². The molecular formula is C28H32N6O5S2. The molecule has 2 aromatic heterocycles. The number of hydrogen-bond donors (Lipinski definition) is 1. The fraction of sp³-hybridized carbons (Fsp3) is 0.464. The Morgan fingerprint density at radius 2 is 1.95 bits per heavy atom. The molecule has 2 atom stereocenters. The number of carbonyl (C=O) groups excluding carboxylic acids is 2. The Hall–Kier alpha value is -3.28. The van der Waals surface area contributed by atoms with Crippen molar-refractivity contribution in [2.45, 2.75) is 38.4 Å². The highest BCUT2D eigenvalue weighted by Gasteiger charge is 2.39. The SMILES string of the molecule is C#Cc1ccc2cn(S(=O)(=O)N3CCN(C(=O)c4nc5c(s4)CNC(C)C5)C(CC(=O)N4CCOCC4)C3)cc2c1. The Bertz CT molecular complexity index is 1630. The Morgan fingerprint density at radius 3 is 2.73 bits per heavy atom. The van der Waals surface area contributed by atoms with E-state index in [4.69, 9.17) is 11.2 Å². The van der Waals surface area contributed by atoms with Crippen LogP contribution in [0.1, 0.15) is 39.3 Å². The molecule has 1 aromatic carbocycles. The molecule has 11 nitrogen and oxygen atoms in total. The predicted octanol–water partition coefficient (Wildman–Crippen LogP) is 1.28. The summed E-state index contributed by atoms with van der Waals surface area (Å²) in [6, 6.07) is 4.97. The van der Waals surface area contributed by atoms with Crippen molar-refractivity contribution >= 4 is 44.1 Å². The van der Waals surface area contributed by atoms with Crippen LogP contribution >= 0.6 is 11.3 Å². The molecule has 2 fully saturated rings. The van der Waals surface area contributed by atoms with E-state index in [-0.39, 0.29) is 43.9 Å². The minimum atomic E-state index is -3.96. The Kier molecular flexibility index (Phi) is 7.60. The van der Waals surface area contributed by atoms with Crippen molar-refractivity contribution in [3.05, 3.63) is 51.7 Å². The lowest BCUT2D eigenvalue weighted by atomic mass is 10.1. The molecule has 6 rings (SSSR count). The summed E-state index contributed by atoms with van der Waals surface area (Å²) in [6.45, 7) is 4.86.